The van der Waals surface area contributed by atoms with E-state index in [2.05, 4.69) is 0 Å². The third-order valence-corrected chi connectivity index (χ3v) is 2.31. The largest absolute Gasteiger partial charge is 0.324 e. The standard InChI is InChI=1S/C10H13NO3S/c11-10(6-7-15(12,13)14)8-9-4-2-1-3-5-9/h1-7,10H,8,11H2,(H,12,13,14)/b7-6+/t10-/m1/s1. The minimum Gasteiger partial charge on any atom is -0.324 e. The van der Waals surface area contributed by atoms with E-state index in [1.807, 2.05) is 30.3 Å². The Morgan fingerprint density at radius 1 is 1.33 bits per heavy atom. The van der Waals surface area contributed by atoms with Gasteiger partial charge in [0.05, 0.1) is 5.41 Å². The first-order chi connectivity index (χ1) is 6.97. The van der Waals surface area contributed by atoms with Crippen LogP contribution < -0.4 is 5.73 Å². The summed E-state index contributed by atoms with van der Waals surface area (Å²) in [7, 11) is -4.07. The maximum absolute atomic E-state index is 10.4. The molecule has 1 aromatic carbocycles. The normalized spacial score (nSPS) is 14.3. The van der Waals surface area contributed by atoms with Crippen molar-refractivity contribution in [1.29, 1.82) is 0 Å². The van der Waals surface area contributed by atoms with Gasteiger partial charge in [0, 0.05) is 6.04 Å². The molecule has 5 heteroatoms. The summed E-state index contributed by atoms with van der Waals surface area (Å²) in [5.41, 5.74) is 6.67. The van der Waals surface area contributed by atoms with Crippen molar-refractivity contribution in [1.82, 2.24) is 0 Å². The number of benzene rings is 1. The zero-order chi connectivity index (χ0) is 11.3. The van der Waals surface area contributed by atoms with Gasteiger partial charge in [-0.05, 0) is 12.0 Å². The van der Waals surface area contributed by atoms with Crippen molar-refractivity contribution in [2.45, 2.75) is 12.5 Å². The number of hydrogen-bond donors (Lipinski definition) is 2. The average molecular weight is 227 g/mol. The molecule has 0 amide bonds. The van der Waals surface area contributed by atoms with E-state index >= 15 is 0 Å². The molecule has 15 heavy (non-hydrogen) atoms. The summed E-state index contributed by atoms with van der Waals surface area (Å²) in [4.78, 5) is 0. The second-order valence-electron chi connectivity index (χ2n) is 3.20. The summed E-state index contributed by atoms with van der Waals surface area (Å²) >= 11 is 0. The summed E-state index contributed by atoms with van der Waals surface area (Å²) in [5, 5.41) is 0.709. The fourth-order valence-corrected chi connectivity index (χ4v) is 1.55. The maximum Gasteiger partial charge on any atom is 0.287 e. The first-order valence-corrected chi connectivity index (χ1v) is 5.93. The van der Waals surface area contributed by atoms with Crippen LogP contribution in [0.2, 0.25) is 0 Å². The van der Waals surface area contributed by atoms with Gasteiger partial charge in [-0.3, -0.25) is 4.55 Å². The van der Waals surface area contributed by atoms with Crippen LogP contribution in [0.1, 0.15) is 5.56 Å². The molecule has 82 valence electrons. The van der Waals surface area contributed by atoms with E-state index in [1.165, 1.54) is 6.08 Å². The molecule has 0 bridgehead atoms. The smallest absolute Gasteiger partial charge is 0.287 e. The quantitative estimate of drug-likeness (QED) is 0.751. The van der Waals surface area contributed by atoms with Gasteiger partial charge >= 0.3 is 0 Å². The van der Waals surface area contributed by atoms with E-state index in [4.69, 9.17) is 10.3 Å². The fraction of sp³-hybridized carbons (Fsp3) is 0.200. The van der Waals surface area contributed by atoms with E-state index in [1.54, 1.807) is 0 Å². The molecule has 0 aromatic heterocycles. The Labute approximate surface area is 89.2 Å². The van der Waals surface area contributed by atoms with Gasteiger partial charge in [-0.2, -0.15) is 8.42 Å². The Kier molecular flexibility index (Phi) is 4.02. The summed E-state index contributed by atoms with van der Waals surface area (Å²) in [5.74, 6) is 0. The van der Waals surface area contributed by atoms with Gasteiger partial charge in [0.15, 0.2) is 0 Å². The van der Waals surface area contributed by atoms with Crippen molar-refractivity contribution in [3.05, 3.63) is 47.4 Å². The summed E-state index contributed by atoms with van der Waals surface area (Å²) in [6, 6.07) is 9.04. The van der Waals surface area contributed by atoms with E-state index in [0.717, 1.165) is 5.56 Å². The Morgan fingerprint density at radius 2 is 1.93 bits per heavy atom. The maximum atomic E-state index is 10.4. The lowest BCUT2D eigenvalue weighted by Crippen LogP contribution is -2.20. The zero-order valence-electron chi connectivity index (χ0n) is 8.08. The lowest BCUT2D eigenvalue weighted by atomic mass is 10.1. The Bertz CT molecular complexity index is 425. The highest BCUT2D eigenvalue weighted by Gasteiger charge is 2.02. The Morgan fingerprint density at radius 3 is 2.47 bits per heavy atom. The molecule has 1 atom stereocenters. The van der Waals surface area contributed by atoms with Crippen LogP contribution in [-0.2, 0) is 16.5 Å². The first kappa shape index (κ1) is 11.9. The van der Waals surface area contributed by atoms with Crippen LogP contribution in [0.25, 0.3) is 0 Å². The van der Waals surface area contributed by atoms with Gasteiger partial charge in [0.1, 0.15) is 0 Å². The molecule has 0 aliphatic heterocycles. The summed E-state index contributed by atoms with van der Waals surface area (Å²) < 4.78 is 29.3. The molecule has 0 saturated carbocycles. The van der Waals surface area contributed by atoms with Crippen LogP contribution in [-0.4, -0.2) is 19.0 Å². The minimum absolute atomic E-state index is 0.422. The van der Waals surface area contributed by atoms with Crippen molar-refractivity contribution in [3.63, 3.8) is 0 Å². The van der Waals surface area contributed by atoms with Crippen molar-refractivity contribution in [3.8, 4) is 0 Å². The molecule has 0 aliphatic carbocycles. The molecule has 0 heterocycles. The highest BCUT2D eigenvalue weighted by atomic mass is 32.2. The molecule has 4 nitrogen and oxygen atoms in total. The number of nitrogens with two attached hydrogens (primary N) is 1. The van der Waals surface area contributed by atoms with Crippen LogP contribution >= 0.6 is 0 Å². The molecule has 1 rings (SSSR count). The van der Waals surface area contributed by atoms with Gasteiger partial charge in [0.2, 0.25) is 0 Å². The lowest BCUT2D eigenvalue weighted by molar-refractivity contribution is 0.494. The van der Waals surface area contributed by atoms with E-state index in [0.29, 0.717) is 11.8 Å². The van der Waals surface area contributed by atoms with E-state index in [9.17, 15) is 8.42 Å². The molecule has 0 fully saturated rings. The molecule has 0 unspecified atom stereocenters. The third kappa shape index (κ3) is 5.31. The molecular formula is C10H13NO3S. The molecule has 0 aliphatic rings. The number of hydrogen-bond acceptors (Lipinski definition) is 3. The molecular weight excluding hydrogens is 214 g/mol. The second-order valence-corrected chi connectivity index (χ2v) is 4.50. The second kappa shape index (κ2) is 5.06. The molecule has 0 saturated heterocycles. The highest BCUT2D eigenvalue weighted by Crippen LogP contribution is 2.02. The fourth-order valence-electron chi connectivity index (χ4n) is 1.15. The zero-order valence-corrected chi connectivity index (χ0v) is 8.89. The topological polar surface area (TPSA) is 80.4 Å². The van der Waals surface area contributed by atoms with Crippen molar-refractivity contribution in [2.75, 3.05) is 0 Å². The van der Waals surface area contributed by atoms with Crippen molar-refractivity contribution >= 4 is 10.1 Å². The molecule has 1 aromatic rings. The lowest BCUT2D eigenvalue weighted by Gasteiger charge is -2.05. The monoisotopic (exact) mass is 227 g/mol. The SMILES string of the molecule is N[C@H](/C=C/S(=O)(=O)O)Cc1ccccc1. The van der Waals surface area contributed by atoms with E-state index in [-0.39, 0.29) is 0 Å². The minimum atomic E-state index is -4.07. The van der Waals surface area contributed by atoms with Crippen molar-refractivity contribution < 1.29 is 13.0 Å². The van der Waals surface area contributed by atoms with Crippen LogP contribution in [0, 0.1) is 0 Å². The number of rotatable bonds is 4. The third-order valence-electron chi connectivity index (χ3n) is 1.81. The first-order valence-electron chi connectivity index (χ1n) is 4.42. The van der Waals surface area contributed by atoms with Gasteiger partial charge in [-0.25, -0.2) is 0 Å². The molecule has 0 spiro atoms. The Hall–Kier alpha value is -1.17. The molecule has 0 radical (unpaired) electrons. The van der Waals surface area contributed by atoms with Crippen molar-refractivity contribution in [2.24, 2.45) is 5.73 Å². The van der Waals surface area contributed by atoms with Gasteiger partial charge < -0.3 is 5.73 Å². The summed E-state index contributed by atoms with van der Waals surface area (Å²) in [6.45, 7) is 0. The van der Waals surface area contributed by atoms with Crippen LogP contribution in [0.5, 0.6) is 0 Å². The molecule has 3 N–H and O–H groups in total. The van der Waals surface area contributed by atoms with Gasteiger partial charge in [-0.15, -0.1) is 0 Å². The van der Waals surface area contributed by atoms with Crippen LogP contribution in [0.4, 0.5) is 0 Å². The predicted octanol–water partition coefficient (Wildman–Crippen LogP) is 0.958. The Balaban J connectivity index is 2.58. The van der Waals surface area contributed by atoms with Gasteiger partial charge in [-0.1, -0.05) is 36.4 Å². The van der Waals surface area contributed by atoms with Crippen LogP contribution in [0.3, 0.4) is 0 Å². The summed E-state index contributed by atoms with van der Waals surface area (Å²) in [6.07, 6.45) is 1.80. The predicted molar refractivity (Wildman–Crippen MR) is 58.8 cm³/mol. The van der Waals surface area contributed by atoms with E-state index < -0.39 is 16.2 Å². The average Bonchev–Trinajstić information content (AvgIpc) is 2.15. The highest BCUT2D eigenvalue weighted by molar-refractivity contribution is 7.88. The van der Waals surface area contributed by atoms with Gasteiger partial charge in [0.25, 0.3) is 10.1 Å². The van der Waals surface area contributed by atoms with Crippen LogP contribution in [0.15, 0.2) is 41.8 Å².